The Morgan fingerprint density at radius 1 is 1.19 bits per heavy atom. The SMILES string of the molecule is CN=C(NCC(=O)OC(C)(C)C)NCc1ccc(F)cc1C(F)(F)F.I. The van der Waals surface area contributed by atoms with Gasteiger partial charge in [0.25, 0.3) is 0 Å². The molecular weight excluding hydrogens is 469 g/mol. The van der Waals surface area contributed by atoms with Crippen LogP contribution in [0, 0.1) is 5.82 Å². The minimum absolute atomic E-state index is 0. The van der Waals surface area contributed by atoms with Gasteiger partial charge in [-0.25, -0.2) is 4.39 Å². The minimum Gasteiger partial charge on any atom is -0.459 e. The van der Waals surface area contributed by atoms with E-state index in [9.17, 15) is 22.4 Å². The first-order chi connectivity index (χ1) is 11.4. The third kappa shape index (κ3) is 8.68. The third-order valence-electron chi connectivity index (χ3n) is 2.87. The van der Waals surface area contributed by atoms with Gasteiger partial charge in [0.2, 0.25) is 0 Å². The summed E-state index contributed by atoms with van der Waals surface area (Å²) in [5.41, 5.74) is -1.86. The van der Waals surface area contributed by atoms with Crippen molar-refractivity contribution >= 4 is 35.9 Å². The van der Waals surface area contributed by atoms with Crippen LogP contribution in [-0.4, -0.2) is 31.1 Å². The first-order valence-electron chi connectivity index (χ1n) is 7.44. The molecule has 0 fully saturated rings. The number of carbonyl (C=O) groups is 1. The molecule has 1 aromatic carbocycles. The van der Waals surface area contributed by atoms with Gasteiger partial charge in [0.1, 0.15) is 18.0 Å². The highest BCUT2D eigenvalue weighted by Gasteiger charge is 2.33. The standard InChI is InChI=1S/C16H21F4N3O2.HI/c1-15(2,3)25-13(24)9-23-14(21-4)22-8-10-5-6-11(17)7-12(10)16(18,19)20;/h5-7H,8-9H2,1-4H3,(H2,21,22,23);1H. The van der Waals surface area contributed by atoms with E-state index in [0.717, 1.165) is 12.1 Å². The highest BCUT2D eigenvalue weighted by atomic mass is 127. The molecule has 0 saturated carbocycles. The summed E-state index contributed by atoms with van der Waals surface area (Å²) in [5.74, 6) is -1.39. The van der Waals surface area contributed by atoms with Gasteiger partial charge in [-0.3, -0.25) is 9.79 Å². The fraction of sp³-hybridized carbons (Fsp3) is 0.500. The molecule has 0 aromatic heterocycles. The summed E-state index contributed by atoms with van der Waals surface area (Å²) in [5, 5.41) is 5.29. The Morgan fingerprint density at radius 3 is 2.31 bits per heavy atom. The largest absolute Gasteiger partial charge is 0.459 e. The summed E-state index contributed by atoms with van der Waals surface area (Å²) >= 11 is 0. The fourth-order valence-electron chi connectivity index (χ4n) is 1.90. The molecule has 10 heteroatoms. The monoisotopic (exact) mass is 491 g/mol. The third-order valence-corrected chi connectivity index (χ3v) is 2.87. The number of benzene rings is 1. The van der Waals surface area contributed by atoms with Crippen molar-refractivity contribution in [3.63, 3.8) is 0 Å². The predicted molar refractivity (Wildman–Crippen MR) is 101 cm³/mol. The molecule has 0 unspecified atom stereocenters. The van der Waals surface area contributed by atoms with Gasteiger partial charge in [-0.15, -0.1) is 24.0 Å². The maximum absolute atomic E-state index is 13.1. The van der Waals surface area contributed by atoms with E-state index in [1.807, 2.05) is 0 Å². The number of hydrogen-bond acceptors (Lipinski definition) is 3. The van der Waals surface area contributed by atoms with E-state index in [2.05, 4.69) is 15.6 Å². The van der Waals surface area contributed by atoms with E-state index in [1.165, 1.54) is 7.05 Å². The summed E-state index contributed by atoms with van der Waals surface area (Å²) in [6.07, 6.45) is -4.67. The fourth-order valence-corrected chi connectivity index (χ4v) is 1.90. The van der Waals surface area contributed by atoms with Crippen LogP contribution >= 0.6 is 24.0 Å². The number of carbonyl (C=O) groups excluding carboxylic acids is 1. The van der Waals surface area contributed by atoms with E-state index in [4.69, 9.17) is 4.74 Å². The van der Waals surface area contributed by atoms with Crippen molar-refractivity contribution < 1.29 is 27.1 Å². The second-order valence-corrected chi connectivity index (χ2v) is 6.16. The Balaban J connectivity index is 0.00000625. The van der Waals surface area contributed by atoms with Crippen molar-refractivity contribution in [2.75, 3.05) is 13.6 Å². The van der Waals surface area contributed by atoms with Gasteiger partial charge in [-0.05, 0) is 38.5 Å². The van der Waals surface area contributed by atoms with Crippen LogP contribution < -0.4 is 10.6 Å². The van der Waals surface area contributed by atoms with E-state index >= 15 is 0 Å². The van der Waals surface area contributed by atoms with Crippen LogP contribution in [0.4, 0.5) is 17.6 Å². The lowest BCUT2D eigenvalue weighted by molar-refractivity contribution is -0.153. The minimum atomic E-state index is -4.67. The van der Waals surface area contributed by atoms with E-state index in [-0.39, 0.29) is 48.6 Å². The van der Waals surface area contributed by atoms with Crippen LogP contribution in [0.15, 0.2) is 23.2 Å². The number of halogens is 5. The van der Waals surface area contributed by atoms with Crippen LogP contribution in [0.25, 0.3) is 0 Å². The number of guanidine groups is 1. The van der Waals surface area contributed by atoms with Gasteiger partial charge in [-0.1, -0.05) is 6.07 Å². The Bertz CT molecular complexity index is 643. The smallest absolute Gasteiger partial charge is 0.416 e. The quantitative estimate of drug-likeness (QED) is 0.223. The lowest BCUT2D eigenvalue weighted by Crippen LogP contribution is -2.41. The first-order valence-corrected chi connectivity index (χ1v) is 7.44. The summed E-state index contributed by atoms with van der Waals surface area (Å²) < 4.78 is 57.0. The lowest BCUT2D eigenvalue weighted by Gasteiger charge is -2.20. The molecule has 148 valence electrons. The second kappa shape index (κ2) is 9.93. The molecule has 2 N–H and O–H groups in total. The molecular formula is C16H22F4IN3O2. The maximum Gasteiger partial charge on any atom is 0.416 e. The second-order valence-electron chi connectivity index (χ2n) is 6.16. The highest BCUT2D eigenvalue weighted by molar-refractivity contribution is 14.0. The highest BCUT2D eigenvalue weighted by Crippen LogP contribution is 2.32. The molecule has 0 bridgehead atoms. The zero-order valence-electron chi connectivity index (χ0n) is 14.8. The van der Waals surface area contributed by atoms with Gasteiger partial charge >= 0.3 is 12.1 Å². The average molecular weight is 491 g/mol. The van der Waals surface area contributed by atoms with Gasteiger partial charge in [0.15, 0.2) is 5.96 Å². The number of esters is 1. The average Bonchev–Trinajstić information content (AvgIpc) is 2.45. The van der Waals surface area contributed by atoms with Crippen molar-refractivity contribution in [2.45, 2.75) is 39.1 Å². The van der Waals surface area contributed by atoms with Crippen LogP contribution in [-0.2, 0) is 22.3 Å². The number of nitrogens with zero attached hydrogens (tertiary/aromatic N) is 1. The number of nitrogens with one attached hydrogen (secondary N) is 2. The van der Waals surface area contributed by atoms with Gasteiger partial charge in [0, 0.05) is 13.6 Å². The van der Waals surface area contributed by atoms with Crippen molar-refractivity contribution in [2.24, 2.45) is 4.99 Å². The number of rotatable bonds is 4. The maximum atomic E-state index is 13.1. The number of hydrogen-bond donors (Lipinski definition) is 2. The molecule has 0 spiro atoms. The van der Waals surface area contributed by atoms with E-state index < -0.39 is 29.1 Å². The zero-order valence-corrected chi connectivity index (χ0v) is 17.2. The lowest BCUT2D eigenvalue weighted by atomic mass is 10.1. The molecule has 26 heavy (non-hydrogen) atoms. The van der Waals surface area contributed by atoms with Crippen molar-refractivity contribution in [1.82, 2.24) is 10.6 Å². The van der Waals surface area contributed by atoms with Crippen molar-refractivity contribution in [1.29, 1.82) is 0 Å². The number of aliphatic imine (C=N–C) groups is 1. The molecule has 0 saturated heterocycles. The van der Waals surface area contributed by atoms with Gasteiger partial charge in [0.05, 0.1) is 5.56 Å². The molecule has 1 rings (SSSR count). The molecule has 0 heterocycles. The van der Waals surface area contributed by atoms with Crippen LogP contribution in [0.2, 0.25) is 0 Å². The number of ether oxygens (including phenoxy) is 1. The molecule has 0 atom stereocenters. The summed E-state index contributed by atoms with van der Waals surface area (Å²) in [7, 11) is 1.40. The molecule has 5 nitrogen and oxygen atoms in total. The first kappa shape index (κ1) is 24.4. The summed E-state index contributed by atoms with van der Waals surface area (Å²) in [4.78, 5) is 15.4. The predicted octanol–water partition coefficient (Wildman–Crippen LogP) is 3.47. The van der Waals surface area contributed by atoms with Crippen LogP contribution in [0.3, 0.4) is 0 Å². The molecule has 0 aliphatic heterocycles. The van der Waals surface area contributed by atoms with Gasteiger partial charge in [-0.2, -0.15) is 13.2 Å². The zero-order chi connectivity index (χ0) is 19.3. The Morgan fingerprint density at radius 2 is 1.81 bits per heavy atom. The van der Waals surface area contributed by atoms with Crippen molar-refractivity contribution in [3.8, 4) is 0 Å². The number of alkyl halides is 3. The molecule has 0 aliphatic rings. The van der Waals surface area contributed by atoms with Crippen LogP contribution in [0.5, 0.6) is 0 Å². The Kier molecular flexibility index (Phi) is 9.32. The normalized spacial score (nSPS) is 12.2. The Hall–Kier alpha value is -1.59. The summed E-state index contributed by atoms with van der Waals surface area (Å²) in [6, 6.07) is 2.43. The molecule has 0 aliphatic carbocycles. The van der Waals surface area contributed by atoms with Crippen LogP contribution in [0.1, 0.15) is 31.9 Å². The van der Waals surface area contributed by atoms with Gasteiger partial charge < -0.3 is 15.4 Å². The van der Waals surface area contributed by atoms with Crippen molar-refractivity contribution in [3.05, 3.63) is 35.1 Å². The molecule has 0 radical (unpaired) electrons. The molecule has 0 amide bonds. The van der Waals surface area contributed by atoms with E-state index in [1.54, 1.807) is 20.8 Å². The molecule has 1 aromatic rings. The Labute approximate surface area is 166 Å². The topological polar surface area (TPSA) is 62.7 Å². The summed E-state index contributed by atoms with van der Waals surface area (Å²) in [6.45, 7) is 4.69. The van der Waals surface area contributed by atoms with E-state index in [0.29, 0.717) is 6.07 Å².